The van der Waals surface area contributed by atoms with Gasteiger partial charge in [0.05, 0.1) is 0 Å². The van der Waals surface area contributed by atoms with Gasteiger partial charge in [0, 0.05) is 22.0 Å². The van der Waals surface area contributed by atoms with Crippen molar-refractivity contribution in [2.45, 2.75) is 20.3 Å². The molecule has 0 radical (unpaired) electrons. The Morgan fingerprint density at radius 1 is 1.00 bits per heavy atom. The van der Waals surface area contributed by atoms with E-state index in [1.165, 1.54) is 0 Å². The van der Waals surface area contributed by atoms with Crippen molar-refractivity contribution in [3.63, 3.8) is 0 Å². The van der Waals surface area contributed by atoms with Gasteiger partial charge in [-0.25, -0.2) is 0 Å². The van der Waals surface area contributed by atoms with Gasteiger partial charge in [0.2, 0.25) is 0 Å². The molecule has 0 atom stereocenters. The molecule has 0 aromatic heterocycles. The van der Waals surface area contributed by atoms with E-state index in [2.05, 4.69) is 0 Å². The number of rotatable bonds is 3. The lowest BCUT2D eigenvalue weighted by molar-refractivity contribution is 0.0993. The maximum Gasteiger partial charge on any atom is 0.167 e. The zero-order valence-corrected chi connectivity index (χ0v) is 12.3. The van der Waals surface area contributed by atoms with Crippen molar-refractivity contribution < 1.29 is 4.79 Å². The van der Waals surface area contributed by atoms with Gasteiger partial charge in [-0.2, -0.15) is 0 Å². The van der Waals surface area contributed by atoms with Gasteiger partial charge < -0.3 is 0 Å². The van der Waals surface area contributed by atoms with E-state index >= 15 is 0 Å². The fourth-order valence-corrected chi connectivity index (χ4v) is 2.47. The third-order valence-corrected chi connectivity index (χ3v) is 3.51. The molecule has 0 fully saturated rings. The summed E-state index contributed by atoms with van der Waals surface area (Å²) in [6, 6.07) is 11.0. The average molecular weight is 293 g/mol. The van der Waals surface area contributed by atoms with Crippen LogP contribution in [0.15, 0.2) is 36.4 Å². The highest BCUT2D eigenvalue weighted by atomic mass is 35.5. The molecule has 1 nitrogen and oxygen atoms in total. The molecule has 0 N–H and O–H groups in total. The molecule has 0 bridgehead atoms. The summed E-state index contributed by atoms with van der Waals surface area (Å²) in [5.74, 6) is 0.0518. The van der Waals surface area contributed by atoms with Crippen molar-refractivity contribution in [3.05, 3.63) is 68.7 Å². The fourth-order valence-electron chi connectivity index (χ4n) is 2.09. The molecule has 0 amide bonds. The Kier molecular flexibility index (Phi) is 4.28. The molecule has 0 aliphatic rings. The lowest BCUT2D eigenvalue weighted by atomic mass is 9.99. The Labute approximate surface area is 123 Å². The van der Waals surface area contributed by atoms with Crippen LogP contribution < -0.4 is 0 Å². The molecule has 2 aromatic rings. The number of halogens is 2. The Balaban J connectivity index is 2.28. The zero-order chi connectivity index (χ0) is 14.0. The number of benzene rings is 2. The maximum absolute atomic E-state index is 12.3. The SMILES string of the molecule is Cc1cc(C)cc(C(=O)Cc2cc(Cl)ccc2Cl)c1. The Hall–Kier alpha value is -1.31. The van der Waals surface area contributed by atoms with Crippen LogP contribution in [0.4, 0.5) is 0 Å². The van der Waals surface area contributed by atoms with Crippen LogP contribution in [-0.2, 0) is 6.42 Å². The summed E-state index contributed by atoms with van der Waals surface area (Å²) >= 11 is 12.0. The van der Waals surface area contributed by atoms with E-state index in [4.69, 9.17) is 23.2 Å². The van der Waals surface area contributed by atoms with Crippen molar-refractivity contribution >= 4 is 29.0 Å². The average Bonchev–Trinajstić information content (AvgIpc) is 2.32. The fraction of sp³-hybridized carbons (Fsp3) is 0.188. The highest BCUT2D eigenvalue weighted by molar-refractivity contribution is 6.33. The maximum atomic E-state index is 12.3. The molecule has 0 spiro atoms. The predicted molar refractivity (Wildman–Crippen MR) is 80.4 cm³/mol. The van der Waals surface area contributed by atoms with E-state index in [9.17, 15) is 4.79 Å². The second-order valence-electron chi connectivity index (χ2n) is 4.71. The van der Waals surface area contributed by atoms with Crippen molar-refractivity contribution in [2.24, 2.45) is 0 Å². The van der Waals surface area contributed by atoms with Crippen LogP contribution in [0, 0.1) is 13.8 Å². The zero-order valence-electron chi connectivity index (χ0n) is 10.8. The Bertz CT molecular complexity index is 612. The molecule has 0 heterocycles. The monoisotopic (exact) mass is 292 g/mol. The van der Waals surface area contributed by atoms with E-state index in [0.29, 0.717) is 15.6 Å². The smallest absolute Gasteiger partial charge is 0.167 e. The summed E-state index contributed by atoms with van der Waals surface area (Å²) in [6.07, 6.45) is 0.266. The first-order chi connectivity index (χ1) is 8.95. The first-order valence-corrected chi connectivity index (χ1v) is 6.77. The number of carbonyl (C=O) groups excluding carboxylic acids is 1. The molecule has 98 valence electrons. The molecule has 0 saturated heterocycles. The van der Waals surface area contributed by atoms with Gasteiger partial charge in [-0.1, -0.05) is 40.4 Å². The first kappa shape index (κ1) is 14.1. The molecule has 0 aliphatic carbocycles. The molecule has 3 heteroatoms. The molecule has 0 saturated carbocycles. The quantitative estimate of drug-likeness (QED) is 0.725. The molecule has 0 unspecified atom stereocenters. The summed E-state index contributed by atoms with van der Waals surface area (Å²) in [7, 11) is 0. The van der Waals surface area contributed by atoms with Gasteiger partial charge >= 0.3 is 0 Å². The lowest BCUT2D eigenvalue weighted by Crippen LogP contribution is -2.05. The van der Waals surface area contributed by atoms with E-state index in [-0.39, 0.29) is 12.2 Å². The first-order valence-electron chi connectivity index (χ1n) is 6.01. The number of ketones is 1. The molecule has 2 rings (SSSR count). The van der Waals surface area contributed by atoms with Crippen LogP contribution >= 0.6 is 23.2 Å². The summed E-state index contributed by atoms with van der Waals surface area (Å²) in [6.45, 7) is 3.96. The molecular weight excluding hydrogens is 279 g/mol. The van der Waals surface area contributed by atoms with Gasteiger partial charge in [-0.3, -0.25) is 4.79 Å². The highest BCUT2D eigenvalue weighted by Crippen LogP contribution is 2.22. The van der Waals surface area contributed by atoms with Crippen molar-refractivity contribution in [1.29, 1.82) is 0 Å². The van der Waals surface area contributed by atoms with E-state index in [0.717, 1.165) is 16.7 Å². The molecule has 0 aliphatic heterocycles. The highest BCUT2D eigenvalue weighted by Gasteiger charge is 2.11. The number of carbonyl (C=O) groups is 1. The van der Waals surface area contributed by atoms with E-state index < -0.39 is 0 Å². The standard InChI is InChI=1S/C16H14Cl2O/c1-10-5-11(2)7-13(6-10)16(19)9-12-8-14(17)3-4-15(12)18/h3-8H,9H2,1-2H3. The molecular formula is C16H14Cl2O. The van der Waals surface area contributed by atoms with Crippen molar-refractivity contribution in [2.75, 3.05) is 0 Å². The number of Topliss-reactive ketones (excluding diaryl/α,β-unsaturated/α-hetero) is 1. The second kappa shape index (κ2) is 5.77. The van der Waals surface area contributed by atoms with E-state index in [1.807, 2.05) is 32.0 Å². The minimum absolute atomic E-state index is 0.0518. The van der Waals surface area contributed by atoms with Gasteiger partial charge in [-0.15, -0.1) is 0 Å². The molecule has 2 aromatic carbocycles. The summed E-state index contributed by atoms with van der Waals surface area (Å²) < 4.78 is 0. The van der Waals surface area contributed by atoms with Crippen molar-refractivity contribution in [1.82, 2.24) is 0 Å². The number of hydrogen-bond acceptors (Lipinski definition) is 1. The Morgan fingerprint density at radius 3 is 2.26 bits per heavy atom. The van der Waals surface area contributed by atoms with Gasteiger partial charge in [-0.05, 0) is 49.7 Å². The van der Waals surface area contributed by atoms with Gasteiger partial charge in [0.1, 0.15) is 0 Å². The summed E-state index contributed by atoms with van der Waals surface area (Å²) in [4.78, 5) is 12.3. The topological polar surface area (TPSA) is 17.1 Å². The van der Waals surface area contributed by atoms with Crippen LogP contribution in [-0.4, -0.2) is 5.78 Å². The predicted octanol–water partition coefficient (Wildman–Crippen LogP) is 5.04. The minimum atomic E-state index is 0.0518. The summed E-state index contributed by atoms with van der Waals surface area (Å²) in [5.41, 5.74) is 3.65. The van der Waals surface area contributed by atoms with Crippen LogP contribution in [0.1, 0.15) is 27.0 Å². The number of hydrogen-bond donors (Lipinski definition) is 0. The van der Waals surface area contributed by atoms with Crippen LogP contribution in [0.25, 0.3) is 0 Å². The van der Waals surface area contributed by atoms with Gasteiger partial charge in [0.15, 0.2) is 5.78 Å². The lowest BCUT2D eigenvalue weighted by Gasteiger charge is -2.06. The number of aryl methyl sites for hydroxylation is 2. The van der Waals surface area contributed by atoms with Crippen LogP contribution in [0.3, 0.4) is 0 Å². The van der Waals surface area contributed by atoms with Gasteiger partial charge in [0.25, 0.3) is 0 Å². The van der Waals surface area contributed by atoms with E-state index in [1.54, 1.807) is 18.2 Å². The minimum Gasteiger partial charge on any atom is -0.294 e. The Morgan fingerprint density at radius 2 is 1.63 bits per heavy atom. The summed E-state index contributed by atoms with van der Waals surface area (Å²) in [5, 5.41) is 1.16. The van der Waals surface area contributed by atoms with Crippen molar-refractivity contribution in [3.8, 4) is 0 Å². The second-order valence-corrected chi connectivity index (χ2v) is 5.56. The normalized spacial score (nSPS) is 10.5. The van der Waals surface area contributed by atoms with Crippen LogP contribution in [0.5, 0.6) is 0 Å². The third-order valence-electron chi connectivity index (χ3n) is 2.90. The van der Waals surface area contributed by atoms with Crippen LogP contribution in [0.2, 0.25) is 10.0 Å². The third kappa shape index (κ3) is 3.59. The molecule has 19 heavy (non-hydrogen) atoms. The largest absolute Gasteiger partial charge is 0.294 e.